The number of aryl methyl sites for hydroxylation is 2. The largest absolute Gasteiger partial charge is 0.421 e. The molecular weight excluding hydrogens is 435 g/mol. The van der Waals surface area contributed by atoms with E-state index in [0.29, 0.717) is 35.2 Å². The first kappa shape index (κ1) is 21.9. The Morgan fingerprint density at radius 3 is 2.66 bits per heavy atom. The number of halogens is 1. The van der Waals surface area contributed by atoms with Gasteiger partial charge in [-0.25, -0.2) is 12.8 Å². The van der Waals surface area contributed by atoms with E-state index < -0.39 is 15.8 Å². The summed E-state index contributed by atoms with van der Waals surface area (Å²) in [6, 6.07) is 7.39. The maximum absolute atomic E-state index is 14.4. The Labute approximate surface area is 185 Å². The monoisotopic (exact) mass is 458 g/mol. The molecule has 0 bridgehead atoms. The zero-order valence-corrected chi connectivity index (χ0v) is 18.8. The molecule has 1 aliphatic rings. The molecule has 0 radical (unpaired) electrons. The second kappa shape index (κ2) is 8.34. The Morgan fingerprint density at radius 1 is 1.19 bits per heavy atom. The van der Waals surface area contributed by atoms with Crippen molar-refractivity contribution in [2.24, 2.45) is 7.05 Å². The number of hydrogen-bond donors (Lipinski definition) is 0. The number of sulfonamides is 1. The van der Waals surface area contributed by atoms with Crippen molar-refractivity contribution in [2.75, 3.05) is 16.6 Å². The SMILES string of the molecule is CCS(=O)(=O)N1CCCc2c(-c3ccc(=O)n(C)c3)nc(Oc3c(C)cccc3F)nc21. The third-order valence-corrected chi connectivity index (χ3v) is 7.16. The fraction of sp³-hybridized carbons (Fsp3) is 0.318. The van der Waals surface area contributed by atoms with Gasteiger partial charge in [0.25, 0.3) is 0 Å². The Kier molecular flexibility index (Phi) is 5.72. The van der Waals surface area contributed by atoms with E-state index >= 15 is 0 Å². The fourth-order valence-electron chi connectivity index (χ4n) is 3.68. The van der Waals surface area contributed by atoms with E-state index in [4.69, 9.17) is 4.74 Å². The van der Waals surface area contributed by atoms with Crippen molar-refractivity contribution >= 4 is 15.8 Å². The van der Waals surface area contributed by atoms with Gasteiger partial charge in [0, 0.05) is 37.0 Å². The highest BCUT2D eigenvalue weighted by Gasteiger charge is 2.31. The van der Waals surface area contributed by atoms with Crippen LogP contribution >= 0.6 is 0 Å². The molecule has 8 nitrogen and oxygen atoms in total. The lowest BCUT2D eigenvalue weighted by Crippen LogP contribution is -2.37. The van der Waals surface area contributed by atoms with Gasteiger partial charge in [-0.05, 0) is 44.4 Å². The van der Waals surface area contributed by atoms with E-state index in [9.17, 15) is 17.6 Å². The summed E-state index contributed by atoms with van der Waals surface area (Å²) >= 11 is 0. The molecule has 2 aromatic heterocycles. The summed E-state index contributed by atoms with van der Waals surface area (Å²) in [7, 11) is -1.98. The van der Waals surface area contributed by atoms with Crippen molar-refractivity contribution in [1.29, 1.82) is 0 Å². The third-order valence-electron chi connectivity index (χ3n) is 5.41. The minimum atomic E-state index is -3.60. The molecule has 0 spiro atoms. The van der Waals surface area contributed by atoms with Gasteiger partial charge in [0.15, 0.2) is 17.4 Å². The predicted octanol–water partition coefficient (Wildman–Crippen LogP) is 3.18. The van der Waals surface area contributed by atoms with Crippen LogP contribution in [0.25, 0.3) is 11.3 Å². The lowest BCUT2D eigenvalue weighted by Gasteiger charge is -2.30. The number of fused-ring (bicyclic) bond motifs is 1. The molecule has 0 saturated heterocycles. The van der Waals surface area contributed by atoms with Gasteiger partial charge >= 0.3 is 6.01 Å². The Balaban J connectivity index is 1.95. The summed E-state index contributed by atoms with van der Waals surface area (Å²) in [5.74, 6) is -0.470. The van der Waals surface area contributed by atoms with E-state index in [2.05, 4.69) is 9.97 Å². The molecule has 0 N–H and O–H groups in total. The highest BCUT2D eigenvalue weighted by molar-refractivity contribution is 7.92. The molecule has 0 aliphatic carbocycles. The van der Waals surface area contributed by atoms with Crippen molar-refractivity contribution in [1.82, 2.24) is 14.5 Å². The first-order valence-corrected chi connectivity index (χ1v) is 11.8. The average Bonchev–Trinajstić information content (AvgIpc) is 2.77. The van der Waals surface area contributed by atoms with Gasteiger partial charge in [0.1, 0.15) is 0 Å². The molecule has 3 aromatic rings. The molecule has 32 heavy (non-hydrogen) atoms. The standard InChI is InChI=1S/C22H23FN4O4S/c1-4-32(29,30)27-12-6-8-16-19(15-10-11-18(28)26(3)13-15)24-22(25-21(16)27)31-20-14(2)7-5-9-17(20)23/h5,7,9-11,13H,4,6,8,12H2,1-3H3. The zero-order chi connectivity index (χ0) is 23.0. The van der Waals surface area contributed by atoms with Gasteiger partial charge in [-0.2, -0.15) is 9.97 Å². The molecule has 0 amide bonds. The average molecular weight is 459 g/mol. The van der Waals surface area contributed by atoms with Crippen LogP contribution in [0.1, 0.15) is 24.5 Å². The molecule has 168 valence electrons. The van der Waals surface area contributed by atoms with Crippen molar-refractivity contribution in [3.8, 4) is 23.0 Å². The second-order valence-electron chi connectivity index (χ2n) is 7.59. The van der Waals surface area contributed by atoms with Crippen LogP contribution in [0.5, 0.6) is 11.8 Å². The van der Waals surface area contributed by atoms with Crippen LogP contribution in [0, 0.1) is 12.7 Å². The van der Waals surface area contributed by atoms with E-state index in [0.717, 1.165) is 0 Å². The van der Waals surface area contributed by atoms with Crippen LogP contribution in [0.15, 0.2) is 41.3 Å². The molecule has 0 unspecified atom stereocenters. The molecule has 10 heteroatoms. The summed E-state index contributed by atoms with van der Waals surface area (Å²) in [5.41, 5.74) is 2.06. The highest BCUT2D eigenvalue weighted by Crippen LogP contribution is 2.37. The number of benzene rings is 1. The number of hydrogen-bond acceptors (Lipinski definition) is 6. The first-order valence-electron chi connectivity index (χ1n) is 10.2. The van der Waals surface area contributed by atoms with Crippen LogP contribution < -0.4 is 14.6 Å². The van der Waals surface area contributed by atoms with Crippen LogP contribution in [0.3, 0.4) is 0 Å². The molecule has 1 aromatic carbocycles. The fourth-order valence-corrected chi connectivity index (χ4v) is 4.81. The van der Waals surface area contributed by atoms with Gasteiger partial charge in [0.05, 0.1) is 11.4 Å². The second-order valence-corrected chi connectivity index (χ2v) is 9.77. The normalized spacial score (nSPS) is 13.7. The Bertz CT molecular complexity index is 1330. The van der Waals surface area contributed by atoms with Crippen molar-refractivity contribution in [3.05, 3.63) is 63.8 Å². The summed E-state index contributed by atoms with van der Waals surface area (Å²) in [6.07, 6.45) is 2.78. The van der Waals surface area contributed by atoms with E-state index in [1.54, 1.807) is 45.3 Å². The molecule has 3 heterocycles. The van der Waals surface area contributed by atoms with Crippen LogP contribution in [0.4, 0.5) is 10.2 Å². The smallest absolute Gasteiger partial charge is 0.324 e. The van der Waals surface area contributed by atoms with Gasteiger partial charge < -0.3 is 9.30 Å². The van der Waals surface area contributed by atoms with Gasteiger partial charge in [-0.3, -0.25) is 9.10 Å². The molecule has 0 fully saturated rings. The maximum Gasteiger partial charge on any atom is 0.324 e. The van der Waals surface area contributed by atoms with Gasteiger partial charge in [-0.15, -0.1) is 0 Å². The van der Waals surface area contributed by atoms with Crippen molar-refractivity contribution in [2.45, 2.75) is 26.7 Å². The van der Waals surface area contributed by atoms with Crippen molar-refractivity contribution < 1.29 is 17.5 Å². The first-order chi connectivity index (χ1) is 15.2. The maximum atomic E-state index is 14.4. The number of para-hydroxylation sites is 1. The molecule has 0 saturated carbocycles. The molecular formula is C22H23FN4O4S. The van der Waals surface area contributed by atoms with E-state index in [-0.39, 0.29) is 35.4 Å². The summed E-state index contributed by atoms with van der Waals surface area (Å²) in [4.78, 5) is 20.8. The topological polar surface area (TPSA) is 94.4 Å². The quantitative estimate of drug-likeness (QED) is 0.583. The minimum Gasteiger partial charge on any atom is -0.421 e. The minimum absolute atomic E-state index is 0.0282. The third kappa shape index (κ3) is 3.97. The number of ether oxygens (including phenoxy) is 1. The van der Waals surface area contributed by atoms with Crippen molar-refractivity contribution in [3.63, 3.8) is 0 Å². The highest BCUT2D eigenvalue weighted by atomic mass is 32.2. The number of pyridine rings is 1. The summed E-state index contributed by atoms with van der Waals surface area (Å²) in [6.45, 7) is 3.54. The van der Waals surface area contributed by atoms with Gasteiger partial charge in [-0.1, -0.05) is 12.1 Å². The van der Waals surface area contributed by atoms with Crippen LogP contribution in [-0.4, -0.2) is 35.3 Å². The zero-order valence-electron chi connectivity index (χ0n) is 18.0. The van der Waals surface area contributed by atoms with E-state index in [1.807, 2.05) is 0 Å². The van der Waals surface area contributed by atoms with E-state index in [1.165, 1.54) is 21.0 Å². The summed E-state index contributed by atoms with van der Waals surface area (Å²) < 4.78 is 48.3. The molecule has 0 atom stereocenters. The Morgan fingerprint density at radius 2 is 1.97 bits per heavy atom. The van der Waals surface area contributed by atoms with Crippen LogP contribution in [-0.2, 0) is 23.5 Å². The number of aromatic nitrogens is 3. The molecule has 4 rings (SSSR count). The lowest BCUT2D eigenvalue weighted by atomic mass is 10.0. The predicted molar refractivity (Wildman–Crippen MR) is 119 cm³/mol. The van der Waals surface area contributed by atoms with Crippen LogP contribution in [0.2, 0.25) is 0 Å². The number of anilines is 1. The molecule has 1 aliphatic heterocycles. The Hall–Kier alpha value is -3.27. The number of rotatable bonds is 5. The number of nitrogens with zero attached hydrogens (tertiary/aromatic N) is 4. The van der Waals surface area contributed by atoms with Gasteiger partial charge in [0.2, 0.25) is 15.6 Å². The lowest BCUT2D eigenvalue weighted by molar-refractivity contribution is 0.407. The summed E-state index contributed by atoms with van der Waals surface area (Å²) in [5, 5.41) is 0.